The molecule has 3 rings (SSSR count). The van der Waals surface area contributed by atoms with Crippen molar-refractivity contribution in [1.29, 1.82) is 0 Å². The van der Waals surface area contributed by atoms with Crippen LogP contribution >= 0.6 is 0 Å². The molecule has 3 aromatic rings. The fourth-order valence-corrected chi connectivity index (χ4v) is 1.97. The molecule has 0 fully saturated rings. The summed E-state index contributed by atoms with van der Waals surface area (Å²) in [7, 11) is 1.98. The maximum atomic E-state index is 5.83. The van der Waals surface area contributed by atoms with Crippen LogP contribution in [0.25, 0.3) is 16.4 Å². The number of hydrogen-bond donors (Lipinski definition) is 1. The molecule has 3 heteroatoms. The van der Waals surface area contributed by atoms with Crippen molar-refractivity contribution in [2.45, 2.75) is 0 Å². The van der Waals surface area contributed by atoms with Gasteiger partial charge in [-0.25, -0.2) is 0 Å². The second kappa shape index (κ2) is 2.32. The van der Waals surface area contributed by atoms with Crippen LogP contribution in [-0.2, 0) is 7.05 Å². The topological polar surface area (TPSA) is 35.4 Å². The monoisotopic (exact) mass is 185 g/mol. The molecule has 0 spiro atoms. The van der Waals surface area contributed by atoms with Crippen molar-refractivity contribution >= 4 is 22.2 Å². The maximum absolute atomic E-state index is 5.83. The lowest BCUT2D eigenvalue weighted by atomic mass is 10.2. The van der Waals surface area contributed by atoms with Gasteiger partial charge in [0.2, 0.25) is 0 Å². The lowest BCUT2D eigenvalue weighted by molar-refractivity contribution is 0.974. The summed E-state index contributed by atoms with van der Waals surface area (Å²) in [5.74, 6) is 0.783. The van der Waals surface area contributed by atoms with Gasteiger partial charge in [-0.3, -0.25) is 0 Å². The molecule has 0 bridgehead atoms. The van der Waals surface area contributed by atoms with Gasteiger partial charge in [0.25, 0.3) is 0 Å². The third kappa shape index (κ3) is 0.763. The molecule has 14 heavy (non-hydrogen) atoms. The van der Waals surface area contributed by atoms with Gasteiger partial charge in [-0.2, -0.15) is 0 Å². The van der Waals surface area contributed by atoms with Crippen molar-refractivity contribution in [3.63, 3.8) is 0 Å². The highest BCUT2D eigenvalue weighted by atomic mass is 15.1. The number of aromatic nitrogens is 2. The molecule has 1 aromatic carbocycles. The highest BCUT2D eigenvalue weighted by Gasteiger charge is 2.07. The van der Waals surface area contributed by atoms with Gasteiger partial charge in [0.15, 0.2) is 0 Å². The van der Waals surface area contributed by atoms with Crippen molar-refractivity contribution in [3.8, 4) is 0 Å². The first-order chi connectivity index (χ1) is 6.77. The van der Waals surface area contributed by atoms with Crippen LogP contribution in [0.5, 0.6) is 0 Å². The van der Waals surface area contributed by atoms with E-state index >= 15 is 0 Å². The predicted octanol–water partition coefficient (Wildman–Crippen LogP) is 2.01. The molecule has 3 nitrogen and oxygen atoms in total. The summed E-state index contributed by atoms with van der Waals surface area (Å²) in [5, 5.41) is 2.49. The molecule has 2 aromatic heterocycles. The smallest absolute Gasteiger partial charge is 0.126 e. The van der Waals surface area contributed by atoms with E-state index < -0.39 is 0 Å². The zero-order chi connectivity index (χ0) is 9.71. The summed E-state index contributed by atoms with van der Waals surface area (Å²) >= 11 is 0. The zero-order valence-corrected chi connectivity index (χ0v) is 7.94. The molecule has 0 atom stereocenters. The molecular weight excluding hydrogens is 174 g/mol. The molecule has 0 radical (unpaired) electrons. The fraction of sp³-hybridized carbons (Fsp3) is 0.0909. The largest absolute Gasteiger partial charge is 0.384 e. The van der Waals surface area contributed by atoms with Crippen molar-refractivity contribution in [2.24, 2.45) is 7.05 Å². The number of anilines is 1. The molecular formula is C11H11N3. The first-order valence-corrected chi connectivity index (χ1v) is 4.58. The first-order valence-electron chi connectivity index (χ1n) is 4.58. The molecule has 0 aliphatic carbocycles. The van der Waals surface area contributed by atoms with Gasteiger partial charge in [-0.15, -0.1) is 0 Å². The summed E-state index contributed by atoms with van der Waals surface area (Å²) in [5.41, 5.74) is 6.98. The number of nitrogens with zero attached hydrogens (tertiary/aromatic N) is 2. The number of benzene rings is 1. The van der Waals surface area contributed by atoms with Crippen molar-refractivity contribution in [3.05, 3.63) is 36.7 Å². The Morgan fingerprint density at radius 2 is 1.93 bits per heavy atom. The average molecular weight is 185 g/mol. The van der Waals surface area contributed by atoms with Gasteiger partial charge in [0.05, 0.1) is 6.20 Å². The average Bonchev–Trinajstić information content (AvgIpc) is 2.65. The zero-order valence-electron chi connectivity index (χ0n) is 7.94. The molecule has 2 N–H and O–H groups in total. The summed E-state index contributed by atoms with van der Waals surface area (Å²) in [6, 6.07) is 8.32. The lowest BCUT2D eigenvalue weighted by Gasteiger charge is -1.96. The van der Waals surface area contributed by atoms with E-state index in [-0.39, 0.29) is 0 Å². The maximum Gasteiger partial charge on any atom is 0.126 e. The standard InChI is InChI=1S/C11H11N3/c1-13-10(12)7-14-6-8-4-2-3-5-9(8)11(13)14/h2-7H,12H2,1H3. The number of rotatable bonds is 0. The molecule has 70 valence electrons. The van der Waals surface area contributed by atoms with Crippen molar-refractivity contribution in [1.82, 2.24) is 8.97 Å². The molecule has 0 saturated carbocycles. The Hall–Kier alpha value is -1.90. The minimum Gasteiger partial charge on any atom is -0.384 e. The van der Waals surface area contributed by atoms with Gasteiger partial charge in [-0.1, -0.05) is 24.3 Å². The van der Waals surface area contributed by atoms with Crippen LogP contribution in [0.15, 0.2) is 36.7 Å². The van der Waals surface area contributed by atoms with Gasteiger partial charge in [-0.05, 0) is 0 Å². The Morgan fingerprint density at radius 3 is 2.79 bits per heavy atom. The Labute approximate surface area is 81.4 Å². The number of imidazole rings is 1. The number of nitrogens with two attached hydrogens (primary N) is 1. The predicted molar refractivity (Wildman–Crippen MR) is 58.3 cm³/mol. The number of hydrogen-bond acceptors (Lipinski definition) is 1. The lowest BCUT2D eigenvalue weighted by Crippen LogP contribution is -1.94. The SMILES string of the molecule is Cn1c(N)cn2cc3ccccc3c12. The van der Waals surface area contributed by atoms with E-state index in [0.29, 0.717) is 0 Å². The second-order valence-electron chi connectivity index (χ2n) is 3.56. The quantitative estimate of drug-likeness (QED) is 0.571. The number of aryl methyl sites for hydroxylation is 1. The molecule has 0 aliphatic rings. The fourth-order valence-electron chi connectivity index (χ4n) is 1.97. The minimum absolute atomic E-state index is 0.783. The highest BCUT2D eigenvalue weighted by Crippen LogP contribution is 2.24. The van der Waals surface area contributed by atoms with Crippen LogP contribution in [0.4, 0.5) is 5.82 Å². The second-order valence-corrected chi connectivity index (χ2v) is 3.56. The number of fused-ring (bicyclic) bond motifs is 3. The van der Waals surface area contributed by atoms with Gasteiger partial charge < -0.3 is 14.7 Å². The van der Waals surface area contributed by atoms with E-state index in [2.05, 4.69) is 22.7 Å². The summed E-state index contributed by atoms with van der Waals surface area (Å²) in [6.07, 6.45) is 4.04. The van der Waals surface area contributed by atoms with Crippen LogP contribution in [-0.4, -0.2) is 8.97 Å². The Kier molecular flexibility index (Phi) is 1.24. The minimum atomic E-state index is 0.783. The van der Waals surface area contributed by atoms with Crippen LogP contribution in [0, 0.1) is 0 Å². The summed E-state index contributed by atoms with van der Waals surface area (Å²) < 4.78 is 4.07. The van der Waals surface area contributed by atoms with Crippen LogP contribution in [0.2, 0.25) is 0 Å². The molecule has 2 heterocycles. The van der Waals surface area contributed by atoms with Crippen molar-refractivity contribution < 1.29 is 0 Å². The highest BCUT2D eigenvalue weighted by molar-refractivity contribution is 5.96. The third-order valence-electron chi connectivity index (χ3n) is 2.70. The van der Waals surface area contributed by atoms with Crippen LogP contribution in [0.3, 0.4) is 0 Å². The Morgan fingerprint density at radius 1 is 1.14 bits per heavy atom. The van der Waals surface area contributed by atoms with E-state index in [1.54, 1.807) is 0 Å². The molecule has 0 aliphatic heterocycles. The molecule has 0 unspecified atom stereocenters. The van der Waals surface area contributed by atoms with E-state index in [4.69, 9.17) is 5.73 Å². The van der Waals surface area contributed by atoms with Crippen LogP contribution < -0.4 is 5.73 Å². The molecule has 0 amide bonds. The van der Waals surface area contributed by atoms with Crippen LogP contribution in [0.1, 0.15) is 0 Å². The van der Waals surface area contributed by atoms with Gasteiger partial charge >= 0.3 is 0 Å². The Balaban J connectivity index is 2.62. The van der Waals surface area contributed by atoms with E-state index in [9.17, 15) is 0 Å². The summed E-state index contributed by atoms with van der Waals surface area (Å²) in [4.78, 5) is 0. The summed E-state index contributed by atoms with van der Waals surface area (Å²) in [6.45, 7) is 0. The number of nitrogen functional groups attached to an aromatic ring is 1. The van der Waals surface area contributed by atoms with Gasteiger partial charge in [0, 0.05) is 24.0 Å². The Bertz CT molecular complexity index is 616. The normalized spacial score (nSPS) is 11.5. The molecule has 0 saturated heterocycles. The van der Waals surface area contributed by atoms with E-state index in [0.717, 1.165) is 11.5 Å². The van der Waals surface area contributed by atoms with E-state index in [1.165, 1.54) is 10.8 Å². The third-order valence-corrected chi connectivity index (χ3v) is 2.70. The van der Waals surface area contributed by atoms with E-state index in [1.807, 2.05) is 29.9 Å². The van der Waals surface area contributed by atoms with Gasteiger partial charge in [0.1, 0.15) is 11.5 Å². The van der Waals surface area contributed by atoms with Crippen molar-refractivity contribution in [2.75, 3.05) is 5.73 Å². The first kappa shape index (κ1) is 7.50.